The van der Waals surface area contributed by atoms with Crippen LogP contribution in [0.4, 0.5) is 0 Å². The monoisotopic (exact) mass is 372 g/mol. The molecule has 0 bridgehead atoms. The van der Waals surface area contributed by atoms with Crippen molar-refractivity contribution < 1.29 is 4.79 Å². The predicted octanol–water partition coefficient (Wildman–Crippen LogP) is 4.20. The number of thioether (sulfide) groups is 1. The van der Waals surface area contributed by atoms with Gasteiger partial charge in [0.1, 0.15) is 0 Å². The van der Waals surface area contributed by atoms with E-state index in [2.05, 4.69) is 46.1 Å². The maximum Gasteiger partial charge on any atom is 0.230 e. The standard InChI is InChI=1S/C20H28N4OS/c1-3-24-19(17-13-9-8-10-15(17)2)22-23-20(24)26-14-18(25)21-16-11-6-4-5-7-12-16/h8-10,13,16H,3-7,11-12,14H2,1-2H3,(H,21,25). The molecule has 2 aromatic rings. The first-order valence-electron chi connectivity index (χ1n) is 9.60. The lowest BCUT2D eigenvalue weighted by molar-refractivity contribution is -0.119. The number of benzene rings is 1. The maximum atomic E-state index is 12.3. The molecule has 0 spiro atoms. The summed E-state index contributed by atoms with van der Waals surface area (Å²) in [7, 11) is 0. The zero-order valence-corrected chi connectivity index (χ0v) is 16.5. The molecule has 1 aromatic carbocycles. The number of carbonyl (C=O) groups is 1. The number of hydrogen-bond donors (Lipinski definition) is 1. The van der Waals surface area contributed by atoms with E-state index in [0.717, 1.165) is 35.9 Å². The fourth-order valence-electron chi connectivity index (χ4n) is 3.53. The SMILES string of the molecule is CCn1c(SCC(=O)NC2CCCCCC2)nnc1-c1ccccc1C. The summed E-state index contributed by atoms with van der Waals surface area (Å²) >= 11 is 1.47. The first kappa shape index (κ1) is 19.0. The molecule has 0 unspecified atom stereocenters. The maximum absolute atomic E-state index is 12.3. The van der Waals surface area contributed by atoms with E-state index in [1.807, 2.05) is 12.1 Å². The van der Waals surface area contributed by atoms with Gasteiger partial charge in [-0.3, -0.25) is 4.79 Å². The van der Waals surface area contributed by atoms with Crippen LogP contribution < -0.4 is 5.32 Å². The van der Waals surface area contributed by atoms with Gasteiger partial charge in [-0.15, -0.1) is 10.2 Å². The lowest BCUT2D eigenvalue weighted by Crippen LogP contribution is -2.35. The molecule has 140 valence electrons. The summed E-state index contributed by atoms with van der Waals surface area (Å²) in [6, 6.07) is 8.54. The van der Waals surface area contributed by atoms with E-state index in [9.17, 15) is 4.79 Å². The van der Waals surface area contributed by atoms with Gasteiger partial charge in [0.15, 0.2) is 11.0 Å². The third kappa shape index (κ3) is 4.67. The van der Waals surface area contributed by atoms with Gasteiger partial charge in [0.05, 0.1) is 5.75 Å². The summed E-state index contributed by atoms with van der Waals surface area (Å²) in [5.74, 6) is 1.37. The number of nitrogens with one attached hydrogen (secondary N) is 1. The van der Waals surface area contributed by atoms with Gasteiger partial charge in [-0.25, -0.2) is 0 Å². The van der Waals surface area contributed by atoms with E-state index >= 15 is 0 Å². The molecule has 26 heavy (non-hydrogen) atoms. The number of nitrogens with zero attached hydrogens (tertiary/aromatic N) is 3. The second-order valence-corrected chi connectivity index (χ2v) is 7.85. The Morgan fingerprint density at radius 2 is 1.92 bits per heavy atom. The summed E-state index contributed by atoms with van der Waals surface area (Å²) < 4.78 is 2.09. The second-order valence-electron chi connectivity index (χ2n) is 6.91. The second kappa shape index (κ2) is 9.21. The van der Waals surface area contributed by atoms with Crippen LogP contribution in [0, 0.1) is 6.92 Å². The predicted molar refractivity (Wildman–Crippen MR) is 106 cm³/mol. The average molecular weight is 373 g/mol. The molecule has 0 aliphatic heterocycles. The van der Waals surface area contributed by atoms with Crippen molar-refractivity contribution in [1.29, 1.82) is 0 Å². The lowest BCUT2D eigenvalue weighted by Gasteiger charge is -2.16. The number of aryl methyl sites for hydroxylation is 1. The Balaban J connectivity index is 1.63. The van der Waals surface area contributed by atoms with Crippen LogP contribution in [0.1, 0.15) is 51.0 Å². The van der Waals surface area contributed by atoms with Crippen molar-refractivity contribution >= 4 is 17.7 Å². The molecule has 0 radical (unpaired) electrons. The lowest BCUT2D eigenvalue weighted by atomic mass is 10.1. The number of carbonyl (C=O) groups excluding carboxylic acids is 1. The normalized spacial score (nSPS) is 15.6. The van der Waals surface area contributed by atoms with Crippen LogP contribution in [0.3, 0.4) is 0 Å². The molecular weight excluding hydrogens is 344 g/mol. The third-order valence-corrected chi connectivity index (χ3v) is 5.94. The van der Waals surface area contributed by atoms with Crippen LogP contribution in [-0.4, -0.2) is 32.5 Å². The van der Waals surface area contributed by atoms with Crippen molar-refractivity contribution in [3.05, 3.63) is 29.8 Å². The minimum Gasteiger partial charge on any atom is -0.353 e. The number of rotatable bonds is 6. The highest BCUT2D eigenvalue weighted by Crippen LogP contribution is 2.26. The van der Waals surface area contributed by atoms with Crippen LogP contribution in [-0.2, 0) is 11.3 Å². The Labute approximate surface area is 160 Å². The Kier molecular flexibility index (Phi) is 6.72. The molecule has 3 rings (SSSR count). The Hall–Kier alpha value is -1.82. The fourth-order valence-corrected chi connectivity index (χ4v) is 4.34. The molecule has 0 saturated heterocycles. The molecule has 1 aliphatic carbocycles. The van der Waals surface area contributed by atoms with Crippen molar-refractivity contribution in [2.45, 2.75) is 70.1 Å². The van der Waals surface area contributed by atoms with Crippen LogP contribution in [0.2, 0.25) is 0 Å². The Bertz CT molecular complexity index is 735. The molecule has 1 fully saturated rings. The van der Waals surface area contributed by atoms with Crippen molar-refractivity contribution in [3.63, 3.8) is 0 Å². The Morgan fingerprint density at radius 1 is 1.19 bits per heavy atom. The van der Waals surface area contributed by atoms with Crippen LogP contribution in [0.15, 0.2) is 29.4 Å². The Morgan fingerprint density at radius 3 is 2.62 bits per heavy atom. The van der Waals surface area contributed by atoms with Crippen LogP contribution >= 0.6 is 11.8 Å². The van der Waals surface area contributed by atoms with Gasteiger partial charge in [0.25, 0.3) is 0 Å². The van der Waals surface area contributed by atoms with E-state index < -0.39 is 0 Å². The van der Waals surface area contributed by atoms with Gasteiger partial charge in [-0.1, -0.05) is 61.7 Å². The molecule has 1 amide bonds. The largest absolute Gasteiger partial charge is 0.353 e. The highest BCUT2D eigenvalue weighted by atomic mass is 32.2. The molecule has 6 heteroatoms. The molecule has 1 aliphatic rings. The first-order chi connectivity index (χ1) is 12.7. The molecular formula is C20H28N4OS. The van der Waals surface area contributed by atoms with Gasteiger partial charge in [-0.2, -0.15) is 0 Å². The molecule has 5 nitrogen and oxygen atoms in total. The highest BCUT2D eigenvalue weighted by Gasteiger charge is 2.18. The fraction of sp³-hybridized carbons (Fsp3) is 0.550. The first-order valence-corrected chi connectivity index (χ1v) is 10.6. The molecule has 1 N–H and O–H groups in total. The smallest absolute Gasteiger partial charge is 0.230 e. The zero-order valence-electron chi connectivity index (χ0n) is 15.7. The van der Waals surface area contributed by atoms with Gasteiger partial charge in [-0.05, 0) is 32.3 Å². The van der Waals surface area contributed by atoms with Crippen molar-refractivity contribution in [1.82, 2.24) is 20.1 Å². The van der Waals surface area contributed by atoms with Crippen molar-refractivity contribution in [2.24, 2.45) is 0 Å². The zero-order chi connectivity index (χ0) is 18.4. The van der Waals surface area contributed by atoms with Gasteiger partial charge in [0.2, 0.25) is 5.91 Å². The van der Waals surface area contributed by atoms with E-state index in [1.54, 1.807) is 0 Å². The van der Waals surface area contributed by atoms with Crippen molar-refractivity contribution in [2.75, 3.05) is 5.75 Å². The number of aromatic nitrogens is 3. The summed E-state index contributed by atoms with van der Waals surface area (Å²) in [5, 5.41) is 12.7. The molecule has 1 heterocycles. The van der Waals surface area contributed by atoms with E-state index in [4.69, 9.17) is 0 Å². The minimum absolute atomic E-state index is 0.102. The summed E-state index contributed by atoms with van der Waals surface area (Å²) in [6.45, 7) is 4.95. The van der Waals surface area contributed by atoms with E-state index in [1.165, 1.54) is 43.0 Å². The van der Waals surface area contributed by atoms with Gasteiger partial charge in [0, 0.05) is 18.2 Å². The minimum atomic E-state index is 0.102. The highest BCUT2D eigenvalue weighted by molar-refractivity contribution is 7.99. The van der Waals surface area contributed by atoms with Gasteiger partial charge >= 0.3 is 0 Å². The number of hydrogen-bond acceptors (Lipinski definition) is 4. The molecule has 1 aromatic heterocycles. The van der Waals surface area contributed by atoms with E-state index in [-0.39, 0.29) is 5.91 Å². The summed E-state index contributed by atoms with van der Waals surface area (Å²) in [4.78, 5) is 12.3. The molecule has 0 atom stereocenters. The topological polar surface area (TPSA) is 59.8 Å². The quantitative estimate of drug-likeness (QED) is 0.610. The van der Waals surface area contributed by atoms with Crippen molar-refractivity contribution in [3.8, 4) is 11.4 Å². The summed E-state index contributed by atoms with van der Waals surface area (Å²) in [5.41, 5.74) is 2.27. The van der Waals surface area contributed by atoms with E-state index in [0.29, 0.717) is 11.8 Å². The van der Waals surface area contributed by atoms with Crippen LogP contribution in [0.5, 0.6) is 0 Å². The third-order valence-electron chi connectivity index (χ3n) is 4.97. The summed E-state index contributed by atoms with van der Waals surface area (Å²) in [6.07, 6.45) is 7.26. The van der Waals surface area contributed by atoms with Crippen LogP contribution in [0.25, 0.3) is 11.4 Å². The average Bonchev–Trinajstić information content (AvgIpc) is 2.87. The number of amides is 1. The molecule has 1 saturated carbocycles. The van der Waals surface area contributed by atoms with Gasteiger partial charge < -0.3 is 9.88 Å².